The van der Waals surface area contributed by atoms with E-state index in [1.165, 1.54) is 6.92 Å². The minimum atomic E-state index is -0.188. The van der Waals surface area contributed by atoms with E-state index in [2.05, 4.69) is 16.0 Å². The summed E-state index contributed by atoms with van der Waals surface area (Å²) in [6.07, 6.45) is 0. The quantitative estimate of drug-likeness (QED) is 0.702. The van der Waals surface area contributed by atoms with Crippen molar-refractivity contribution >= 4 is 46.4 Å². The van der Waals surface area contributed by atoms with Crippen molar-refractivity contribution in [1.82, 2.24) is 5.32 Å². The van der Waals surface area contributed by atoms with Crippen LogP contribution in [0.25, 0.3) is 0 Å². The first kappa shape index (κ1) is 19.2. The van der Waals surface area contributed by atoms with Crippen molar-refractivity contribution in [3.8, 4) is 0 Å². The van der Waals surface area contributed by atoms with Gasteiger partial charge in [0.15, 0.2) is 0 Å². The number of hydrogen-bond donors (Lipinski definition) is 3. The number of amides is 2. The summed E-state index contributed by atoms with van der Waals surface area (Å²) in [5.41, 5.74) is 2.18. The molecule has 25 heavy (non-hydrogen) atoms. The van der Waals surface area contributed by atoms with Gasteiger partial charge < -0.3 is 16.0 Å². The van der Waals surface area contributed by atoms with E-state index < -0.39 is 0 Å². The third-order valence-electron chi connectivity index (χ3n) is 3.48. The van der Waals surface area contributed by atoms with Crippen molar-refractivity contribution in [3.63, 3.8) is 0 Å². The fourth-order valence-corrected chi connectivity index (χ4v) is 2.54. The maximum Gasteiger partial charge on any atom is 0.238 e. The zero-order valence-corrected chi connectivity index (χ0v) is 15.4. The molecule has 0 saturated carbocycles. The molecule has 2 amide bonds. The Bertz CT molecular complexity index is 781. The molecule has 0 fully saturated rings. The second kappa shape index (κ2) is 8.85. The predicted molar refractivity (Wildman–Crippen MR) is 102 cm³/mol. The Morgan fingerprint density at radius 1 is 1.00 bits per heavy atom. The summed E-state index contributed by atoms with van der Waals surface area (Å²) in [4.78, 5) is 23.2. The Morgan fingerprint density at radius 2 is 1.68 bits per heavy atom. The van der Waals surface area contributed by atoms with Crippen LogP contribution in [0, 0.1) is 0 Å². The van der Waals surface area contributed by atoms with Gasteiger partial charge in [-0.25, -0.2) is 0 Å². The van der Waals surface area contributed by atoms with Gasteiger partial charge in [-0.3, -0.25) is 9.59 Å². The number of nitrogens with one attached hydrogen (secondary N) is 3. The van der Waals surface area contributed by atoms with Crippen LogP contribution < -0.4 is 16.0 Å². The Kier molecular flexibility index (Phi) is 6.82. The van der Waals surface area contributed by atoms with Crippen molar-refractivity contribution in [2.24, 2.45) is 0 Å². The fraction of sp³-hybridized carbons (Fsp3) is 0.222. The van der Waals surface area contributed by atoms with Crippen molar-refractivity contribution in [2.75, 3.05) is 17.2 Å². The molecule has 2 aromatic carbocycles. The van der Waals surface area contributed by atoms with Gasteiger partial charge in [0, 0.05) is 24.3 Å². The molecule has 0 aromatic heterocycles. The number of carbonyl (C=O) groups excluding carboxylic acids is 2. The van der Waals surface area contributed by atoms with Gasteiger partial charge in [0.05, 0.1) is 16.6 Å². The summed E-state index contributed by atoms with van der Waals surface area (Å²) in [7, 11) is 0. The number of benzene rings is 2. The summed E-state index contributed by atoms with van der Waals surface area (Å²) < 4.78 is 0. The Morgan fingerprint density at radius 3 is 2.32 bits per heavy atom. The molecule has 0 bridgehead atoms. The molecule has 0 spiro atoms. The molecular formula is C18H19Cl2N3O2. The molecule has 5 nitrogen and oxygen atoms in total. The molecule has 2 rings (SSSR count). The summed E-state index contributed by atoms with van der Waals surface area (Å²) in [6, 6.07) is 12.3. The first-order valence-electron chi connectivity index (χ1n) is 7.71. The van der Waals surface area contributed by atoms with Crippen molar-refractivity contribution in [2.45, 2.75) is 19.9 Å². The number of anilines is 2. The normalized spacial score (nSPS) is 11.7. The van der Waals surface area contributed by atoms with Gasteiger partial charge in [-0.15, -0.1) is 0 Å². The molecule has 7 heteroatoms. The lowest BCUT2D eigenvalue weighted by Gasteiger charge is -2.15. The minimum Gasteiger partial charge on any atom is -0.326 e. The van der Waals surface area contributed by atoms with E-state index >= 15 is 0 Å². The topological polar surface area (TPSA) is 70.2 Å². The van der Waals surface area contributed by atoms with Crippen LogP contribution in [0.15, 0.2) is 42.5 Å². The zero-order valence-electron chi connectivity index (χ0n) is 13.9. The second-order valence-electron chi connectivity index (χ2n) is 5.59. The minimum absolute atomic E-state index is 0.0637. The van der Waals surface area contributed by atoms with E-state index in [9.17, 15) is 9.59 Å². The summed E-state index contributed by atoms with van der Waals surface area (Å²) >= 11 is 11.9. The number of carbonyl (C=O) groups is 2. The van der Waals surface area contributed by atoms with Crippen molar-refractivity contribution in [3.05, 3.63) is 58.1 Å². The molecule has 0 heterocycles. The second-order valence-corrected chi connectivity index (χ2v) is 6.40. The molecule has 0 radical (unpaired) electrons. The third kappa shape index (κ3) is 6.05. The Balaban J connectivity index is 1.89. The SMILES string of the molecule is CC(=O)Nc1cccc(NC(=O)CN[C@H](C)c2ccc(Cl)c(Cl)c2)c1. The molecule has 0 unspecified atom stereocenters. The van der Waals surface area contributed by atoms with Crippen LogP contribution in [0.3, 0.4) is 0 Å². The molecule has 0 aliphatic heterocycles. The van der Waals surface area contributed by atoms with Gasteiger partial charge in [-0.2, -0.15) is 0 Å². The average molecular weight is 380 g/mol. The maximum absolute atomic E-state index is 12.1. The lowest BCUT2D eigenvalue weighted by Crippen LogP contribution is -2.30. The highest BCUT2D eigenvalue weighted by molar-refractivity contribution is 6.42. The molecule has 132 valence electrons. The molecular weight excluding hydrogens is 361 g/mol. The summed E-state index contributed by atoms with van der Waals surface area (Å²) in [6.45, 7) is 3.50. The van der Waals surface area contributed by atoms with E-state index in [4.69, 9.17) is 23.2 Å². The van der Waals surface area contributed by atoms with Gasteiger partial charge in [0.25, 0.3) is 0 Å². The van der Waals surface area contributed by atoms with Gasteiger partial charge in [0.2, 0.25) is 11.8 Å². The standard InChI is InChI=1S/C18H19Cl2N3O2/c1-11(13-6-7-16(19)17(20)8-13)21-10-18(25)23-15-5-3-4-14(9-15)22-12(2)24/h3-9,11,21H,10H2,1-2H3,(H,22,24)(H,23,25)/t11-/m1/s1. The smallest absolute Gasteiger partial charge is 0.238 e. The summed E-state index contributed by atoms with van der Waals surface area (Å²) in [5, 5.41) is 9.56. The van der Waals surface area contributed by atoms with Crippen LogP contribution in [0.5, 0.6) is 0 Å². The Hall–Kier alpha value is -2.08. The van der Waals surface area contributed by atoms with Gasteiger partial charge >= 0.3 is 0 Å². The lowest BCUT2D eigenvalue weighted by molar-refractivity contribution is -0.115. The molecule has 3 N–H and O–H groups in total. The highest BCUT2D eigenvalue weighted by Gasteiger charge is 2.10. The molecule has 0 aliphatic carbocycles. The monoisotopic (exact) mass is 379 g/mol. The van der Waals surface area contributed by atoms with E-state index in [1.54, 1.807) is 36.4 Å². The van der Waals surface area contributed by atoms with Crippen LogP contribution in [0.1, 0.15) is 25.5 Å². The van der Waals surface area contributed by atoms with E-state index in [1.807, 2.05) is 13.0 Å². The van der Waals surface area contributed by atoms with E-state index in [0.717, 1.165) is 5.56 Å². The average Bonchev–Trinajstić information content (AvgIpc) is 2.55. The van der Waals surface area contributed by atoms with Crippen molar-refractivity contribution < 1.29 is 9.59 Å². The third-order valence-corrected chi connectivity index (χ3v) is 4.22. The zero-order chi connectivity index (χ0) is 18.4. The van der Waals surface area contributed by atoms with Crippen LogP contribution in [0.2, 0.25) is 10.0 Å². The number of rotatable bonds is 6. The predicted octanol–water partition coefficient (Wildman–Crippen LogP) is 4.24. The fourth-order valence-electron chi connectivity index (χ4n) is 2.23. The van der Waals surface area contributed by atoms with Gasteiger partial charge in [-0.05, 0) is 42.8 Å². The lowest BCUT2D eigenvalue weighted by atomic mass is 10.1. The highest BCUT2D eigenvalue weighted by Crippen LogP contribution is 2.25. The number of hydrogen-bond acceptors (Lipinski definition) is 3. The van der Waals surface area contributed by atoms with E-state index in [-0.39, 0.29) is 24.4 Å². The first-order chi connectivity index (χ1) is 11.8. The van der Waals surface area contributed by atoms with Gasteiger partial charge in [-0.1, -0.05) is 35.3 Å². The number of halogens is 2. The summed E-state index contributed by atoms with van der Waals surface area (Å²) in [5.74, 6) is -0.354. The molecule has 0 saturated heterocycles. The molecule has 1 atom stereocenters. The van der Waals surface area contributed by atoms with Crippen LogP contribution in [-0.4, -0.2) is 18.4 Å². The van der Waals surface area contributed by atoms with Gasteiger partial charge in [0.1, 0.15) is 0 Å². The first-order valence-corrected chi connectivity index (χ1v) is 8.46. The van der Waals surface area contributed by atoms with Crippen LogP contribution >= 0.6 is 23.2 Å². The largest absolute Gasteiger partial charge is 0.326 e. The van der Waals surface area contributed by atoms with Crippen LogP contribution in [0.4, 0.5) is 11.4 Å². The molecule has 0 aliphatic rings. The van der Waals surface area contributed by atoms with E-state index in [0.29, 0.717) is 21.4 Å². The molecule has 2 aromatic rings. The van der Waals surface area contributed by atoms with Crippen LogP contribution in [-0.2, 0) is 9.59 Å². The maximum atomic E-state index is 12.1. The highest BCUT2D eigenvalue weighted by atomic mass is 35.5. The Labute approximate surface area is 156 Å². The van der Waals surface area contributed by atoms with Crippen molar-refractivity contribution in [1.29, 1.82) is 0 Å².